The minimum absolute atomic E-state index is 0.177. The molecule has 0 heterocycles. The molecule has 0 fully saturated rings. The zero-order chi connectivity index (χ0) is 16.7. The largest absolute Gasteiger partial charge is 0.452 e. The number of hydrogen-bond donors (Lipinski definition) is 2. The molecule has 9 heteroatoms. The predicted octanol–water partition coefficient (Wildman–Crippen LogP) is 0.525. The number of urea groups is 1. The van der Waals surface area contributed by atoms with Crippen LogP contribution in [0.3, 0.4) is 0 Å². The van der Waals surface area contributed by atoms with Crippen molar-refractivity contribution in [2.24, 2.45) is 0 Å². The van der Waals surface area contributed by atoms with Gasteiger partial charge in [0.1, 0.15) is 0 Å². The van der Waals surface area contributed by atoms with Crippen LogP contribution in [0.5, 0.6) is 0 Å². The second-order valence-corrected chi connectivity index (χ2v) is 4.26. The van der Waals surface area contributed by atoms with E-state index >= 15 is 0 Å². The highest BCUT2D eigenvalue weighted by Crippen LogP contribution is 2.18. The van der Waals surface area contributed by atoms with Gasteiger partial charge in [-0.05, 0) is 6.92 Å². The number of hydrogen-bond acceptors (Lipinski definition) is 6. The summed E-state index contributed by atoms with van der Waals surface area (Å²) >= 11 is 0. The lowest BCUT2D eigenvalue weighted by Crippen LogP contribution is -2.43. The van der Waals surface area contributed by atoms with Crippen LogP contribution in [0.4, 0.5) is 10.5 Å². The Labute approximate surface area is 125 Å². The van der Waals surface area contributed by atoms with Gasteiger partial charge in [-0.3, -0.25) is 25.0 Å². The summed E-state index contributed by atoms with van der Waals surface area (Å²) < 4.78 is 4.84. The average Bonchev–Trinajstić information content (AvgIpc) is 2.47. The van der Waals surface area contributed by atoms with Gasteiger partial charge in [0.2, 0.25) is 0 Å². The second-order valence-electron chi connectivity index (χ2n) is 4.26. The summed E-state index contributed by atoms with van der Waals surface area (Å²) in [5.41, 5.74) is -0.0293. The monoisotopic (exact) mass is 309 g/mol. The van der Waals surface area contributed by atoms with Gasteiger partial charge in [0.25, 0.3) is 11.6 Å². The van der Waals surface area contributed by atoms with Crippen LogP contribution in [0.15, 0.2) is 24.3 Å². The lowest BCUT2D eigenvalue weighted by atomic mass is 10.1. The predicted molar refractivity (Wildman–Crippen MR) is 75.0 cm³/mol. The summed E-state index contributed by atoms with van der Waals surface area (Å²) in [6.07, 6.45) is -1.55. The smallest absolute Gasteiger partial charge is 0.321 e. The van der Waals surface area contributed by atoms with Crippen molar-refractivity contribution in [3.8, 4) is 0 Å². The van der Waals surface area contributed by atoms with Crippen molar-refractivity contribution >= 4 is 23.6 Å². The molecular formula is C13H15N3O6. The SMILES string of the molecule is CNC(=O)NC(=O)[C@@H](C)OC(=O)Cc1ccccc1[N+](=O)[O-]. The molecule has 0 aromatic heterocycles. The molecule has 1 atom stereocenters. The number of esters is 1. The number of benzene rings is 1. The second kappa shape index (κ2) is 7.72. The van der Waals surface area contributed by atoms with E-state index in [9.17, 15) is 24.5 Å². The Kier molecular flexibility index (Phi) is 5.99. The Balaban J connectivity index is 2.65. The van der Waals surface area contributed by atoms with E-state index in [4.69, 9.17) is 4.74 Å². The molecule has 3 amide bonds. The summed E-state index contributed by atoms with van der Waals surface area (Å²) in [4.78, 5) is 44.4. The van der Waals surface area contributed by atoms with E-state index in [-0.39, 0.29) is 17.7 Å². The van der Waals surface area contributed by atoms with E-state index < -0.39 is 28.9 Å². The fourth-order valence-electron chi connectivity index (χ4n) is 1.56. The zero-order valence-electron chi connectivity index (χ0n) is 12.0. The van der Waals surface area contributed by atoms with Crippen LogP contribution in [0.1, 0.15) is 12.5 Å². The molecule has 0 spiro atoms. The number of imide groups is 1. The van der Waals surface area contributed by atoms with Gasteiger partial charge in [0.05, 0.1) is 11.3 Å². The van der Waals surface area contributed by atoms with Crippen LogP contribution in [0.2, 0.25) is 0 Å². The minimum Gasteiger partial charge on any atom is -0.452 e. The highest BCUT2D eigenvalue weighted by Gasteiger charge is 2.22. The van der Waals surface area contributed by atoms with E-state index in [2.05, 4.69) is 5.32 Å². The van der Waals surface area contributed by atoms with Crippen LogP contribution >= 0.6 is 0 Å². The van der Waals surface area contributed by atoms with Gasteiger partial charge in [-0.2, -0.15) is 0 Å². The Morgan fingerprint density at radius 2 is 1.95 bits per heavy atom. The number of rotatable bonds is 5. The first kappa shape index (κ1) is 17.1. The molecule has 0 aliphatic heterocycles. The quantitative estimate of drug-likeness (QED) is 0.464. The third-order valence-electron chi connectivity index (χ3n) is 2.66. The first-order valence-corrected chi connectivity index (χ1v) is 6.29. The molecule has 0 radical (unpaired) electrons. The third kappa shape index (κ3) is 4.85. The first-order chi connectivity index (χ1) is 10.3. The van der Waals surface area contributed by atoms with Gasteiger partial charge in [-0.1, -0.05) is 18.2 Å². The zero-order valence-corrected chi connectivity index (χ0v) is 12.0. The van der Waals surface area contributed by atoms with E-state index in [1.165, 1.54) is 32.2 Å². The minimum atomic E-state index is -1.20. The van der Waals surface area contributed by atoms with Crippen molar-refractivity contribution in [2.45, 2.75) is 19.4 Å². The number of nitro benzene ring substituents is 1. The molecule has 22 heavy (non-hydrogen) atoms. The molecule has 1 aromatic carbocycles. The fraction of sp³-hybridized carbons (Fsp3) is 0.308. The van der Waals surface area contributed by atoms with Gasteiger partial charge in [0, 0.05) is 18.7 Å². The molecule has 1 aromatic rings. The average molecular weight is 309 g/mol. The van der Waals surface area contributed by atoms with Gasteiger partial charge in [-0.25, -0.2) is 4.79 Å². The van der Waals surface area contributed by atoms with E-state index in [0.717, 1.165) is 0 Å². The summed E-state index contributed by atoms with van der Waals surface area (Å²) in [7, 11) is 1.33. The lowest BCUT2D eigenvalue weighted by Gasteiger charge is -2.12. The Morgan fingerprint density at radius 1 is 1.32 bits per heavy atom. The van der Waals surface area contributed by atoms with Crippen LogP contribution in [-0.4, -0.2) is 36.0 Å². The van der Waals surface area contributed by atoms with Crippen LogP contribution in [-0.2, 0) is 20.7 Å². The maximum atomic E-state index is 11.7. The van der Waals surface area contributed by atoms with Gasteiger partial charge in [0.15, 0.2) is 6.10 Å². The van der Waals surface area contributed by atoms with Crippen molar-refractivity contribution in [2.75, 3.05) is 7.05 Å². The summed E-state index contributed by atoms with van der Waals surface area (Å²) in [6.45, 7) is 1.29. The molecule has 0 aliphatic rings. The Hall–Kier alpha value is -2.97. The number of amides is 3. The molecule has 9 nitrogen and oxygen atoms in total. The fourth-order valence-corrected chi connectivity index (χ4v) is 1.56. The number of para-hydroxylation sites is 1. The van der Waals surface area contributed by atoms with Gasteiger partial charge < -0.3 is 10.1 Å². The number of nitrogens with zero attached hydrogens (tertiary/aromatic N) is 1. The highest BCUT2D eigenvalue weighted by molar-refractivity contribution is 5.97. The Bertz CT molecular complexity index is 601. The lowest BCUT2D eigenvalue weighted by molar-refractivity contribution is -0.385. The molecule has 0 bridgehead atoms. The van der Waals surface area contributed by atoms with Crippen LogP contribution < -0.4 is 10.6 Å². The Morgan fingerprint density at radius 3 is 2.55 bits per heavy atom. The van der Waals surface area contributed by atoms with Gasteiger partial charge in [-0.15, -0.1) is 0 Å². The summed E-state index contributed by atoms with van der Waals surface area (Å²) in [5.74, 6) is -1.61. The molecular weight excluding hydrogens is 294 g/mol. The van der Waals surface area contributed by atoms with Crippen molar-refractivity contribution in [1.82, 2.24) is 10.6 Å². The van der Waals surface area contributed by atoms with Crippen molar-refractivity contribution in [1.29, 1.82) is 0 Å². The van der Waals surface area contributed by atoms with Crippen molar-refractivity contribution in [3.05, 3.63) is 39.9 Å². The molecule has 0 saturated heterocycles. The maximum Gasteiger partial charge on any atom is 0.321 e. The van der Waals surface area contributed by atoms with Crippen LogP contribution in [0, 0.1) is 10.1 Å². The van der Waals surface area contributed by atoms with Crippen molar-refractivity contribution in [3.63, 3.8) is 0 Å². The highest BCUT2D eigenvalue weighted by atomic mass is 16.6. The third-order valence-corrected chi connectivity index (χ3v) is 2.66. The van der Waals surface area contributed by atoms with E-state index in [0.29, 0.717) is 0 Å². The summed E-state index contributed by atoms with van der Waals surface area (Å²) in [6, 6.07) is 4.99. The van der Waals surface area contributed by atoms with Crippen LogP contribution in [0.25, 0.3) is 0 Å². The topological polar surface area (TPSA) is 128 Å². The normalized spacial score (nSPS) is 11.2. The number of ether oxygens (including phenoxy) is 1. The van der Waals surface area contributed by atoms with E-state index in [1.54, 1.807) is 6.07 Å². The molecule has 0 unspecified atom stereocenters. The molecule has 2 N–H and O–H groups in total. The molecule has 118 valence electrons. The molecule has 0 aliphatic carbocycles. The van der Waals surface area contributed by atoms with E-state index in [1.807, 2.05) is 5.32 Å². The maximum absolute atomic E-state index is 11.7. The number of carbonyl (C=O) groups is 3. The number of carbonyl (C=O) groups excluding carboxylic acids is 3. The summed E-state index contributed by atoms with van der Waals surface area (Å²) in [5, 5.41) is 15.0. The molecule has 1 rings (SSSR count). The van der Waals surface area contributed by atoms with Gasteiger partial charge >= 0.3 is 12.0 Å². The number of nitrogens with one attached hydrogen (secondary N) is 2. The number of nitro groups is 1. The molecule has 0 saturated carbocycles. The standard InChI is InChI=1S/C13H15N3O6/c1-8(12(18)15-13(19)14-2)22-11(17)7-9-5-3-4-6-10(9)16(20)21/h3-6,8H,7H2,1-2H3,(H2,14,15,18,19)/t8-/m1/s1. The first-order valence-electron chi connectivity index (χ1n) is 6.29. The van der Waals surface area contributed by atoms with Crippen molar-refractivity contribution < 1.29 is 24.0 Å².